The van der Waals surface area contributed by atoms with E-state index < -0.39 is 0 Å². The van der Waals surface area contributed by atoms with Crippen LogP contribution in [0.4, 0.5) is 0 Å². The zero-order chi connectivity index (χ0) is 15.6. The summed E-state index contributed by atoms with van der Waals surface area (Å²) in [6.45, 7) is 18.2. The Morgan fingerprint density at radius 3 is 1.90 bits per heavy atom. The van der Waals surface area contributed by atoms with Gasteiger partial charge in [0.25, 0.3) is 0 Å². The van der Waals surface area contributed by atoms with Crippen molar-refractivity contribution in [1.29, 1.82) is 0 Å². The van der Waals surface area contributed by atoms with Gasteiger partial charge in [-0.3, -0.25) is 0 Å². The maximum absolute atomic E-state index is 2.39. The van der Waals surface area contributed by atoms with Crippen LogP contribution in [0.1, 0.15) is 61.8 Å². The van der Waals surface area contributed by atoms with Crippen LogP contribution in [0.15, 0.2) is 47.1 Å². The van der Waals surface area contributed by atoms with Crippen LogP contribution in [0.2, 0.25) is 0 Å². The van der Waals surface area contributed by atoms with E-state index in [1.807, 2.05) is 0 Å². The summed E-state index contributed by atoms with van der Waals surface area (Å²) >= 11 is 0. The molecule has 0 radical (unpaired) electrons. The van der Waals surface area contributed by atoms with Crippen molar-refractivity contribution >= 4 is 0 Å². The molecule has 112 valence electrons. The predicted octanol–water partition coefficient (Wildman–Crippen LogP) is 6.47. The second-order valence-electron chi connectivity index (χ2n) is 6.84. The Morgan fingerprint density at radius 1 is 1.00 bits per heavy atom. The highest BCUT2D eigenvalue weighted by Crippen LogP contribution is 2.62. The Hall–Kier alpha value is -1.04. The van der Waals surface area contributed by atoms with Crippen molar-refractivity contribution in [3.8, 4) is 0 Å². The molecule has 0 heterocycles. The molecule has 0 nitrogen and oxygen atoms in total. The van der Waals surface area contributed by atoms with Gasteiger partial charge in [0.2, 0.25) is 0 Å². The van der Waals surface area contributed by atoms with Crippen molar-refractivity contribution in [3.05, 3.63) is 47.1 Å². The second kappa shape index (κ2) is 6.16. The predicted molar refractivity (Wildman–Crippen MR) is 91.8 cm³/mol. The zero-order valence-electron chi connectivity index (χ0n) is 14.7. The Bertz CT molecular complexity index is 466. The molecule has 0 amide bonds. The van der Waals surface area contributed by atoms with Crippen molar-refractivity contribution in [2.45, 2.75) is 61.8 Å². The minimum absolute atomic E-state index is 0.154. The molecule has 1 fully saturated rings. The minimum atomic E-state index is 0.154. The molecule has 0 heteroatoms. The lowest BCUT2D eigenvalue weighted by atomic mass is 9.66. The van der Waals surface area contributed by atoms with Gasteiger partial charge in [0.15, 0.2) is 0 Å². The molecule has 0 N–H and O–H groups in total. The van der Waals surface area contributed by atoms with E-state index in [0.717, 1.165) is 0 Å². The van der Waals surface area contributed by atoms with E-state index >= 15 is 0 Å². The molecule has 1 aliphatic carbocycles. The lowest BCUT2D eigenvalue weighted by Crippen LogP contribution is -2.29. The Labute approximate surface area is 126 Å². The zero-order valence-corrected chi connectivity index (χ0v) is 14.7. The van der Waals surface area contributed by atoms with Crippen molar-refractivity contribution in [3.63, 3.8) is 0 Å². The molecule has 0 saturated heterocycles. The number of allylic oxidation sites excluding steroid dienone is 8. The van der Waals surface area contributed by atoms with Gasteiger partial charge >= 0.3 is 0 Å². The fourth-order valence-electron chi connectivity index (χ4n) is 4.24. The minimum Gasteiger partial charge on any atom is -0.0874 e. The van der Waals surface area contributed by atoms with Gasteiger partial charge in [-0.25, -0.2) is 0 Å². The maximum Gasteiger partial charge on any atom is 0.0230 e. The SMILES string of the molecule is C/C=C\C(=C/C)C1(C(C)C)CC(C)(C)C(=C/C)/C1=C\C. The second-order valence-corrected chi connectivity index (χ2v) is 6.84. The highest BCUT2D eigenvalue weighted by molar-refractivity contribution is 5.54. The monoisotopic (exact) mass is 272 g/mol. The molecule has 0 bridgehead atoms. The summed E-state index contributed by atoms with van der Waals surface area (Å²) in [6, 6.07) is 0. The first-order chi connectivity index (χ1) is 9.31. The highest BCUT2D eigenvalue weighted by atomic mass is 14.6. The molecule has 0 aromatic heterocycles. The quantitative estimate of drug-likeness (QED) is 0.516. The molecular formula is C20H32. The van der Waals surface area contributed by atoms with Gasteiger partial charge in [-0.05, 0) is 62.2 Å². The molecule has 20 heavy (non-hydrogen) atoms. The molecule has 0 aromatic carbocycles. The number of rotatable bonds is 3. The molecule has 1 aliphatic rings. The molecule has 1 rings (SSSR count). The number of hydrogen-bond acceptors (Lipinski definition) is 0. The van der Waals surface area contributed by atoms with Crippen molar-refractivity contribution < 1.29 is 0 Å². The summed E-state index contributed by atoms with van der Waals surface area (Å²) in [5.41, 5.74) is 4.93. The third-order valence-corrected chi connectivity index (χ3v) is 4.96. The maximum atomic E-state index is 2.39. The van der Waals surface area contributed by atoms with Gasteiger partial charge in [-0.1, -0.05) is 58.1 Å². The first-order valence-electron chi connectivity index (χ1n) is 7.95. The Kier molecular flexibility index (Phi) is 5.24. The Balaban J connectivity index is 3.64. The van der Waals surface area contributed by atoms with Gasteiger partial charge in [0.05, 0.1) is 0 Å². The summed E-state index contributed by atoms with van der Waals surface area (Å²) in [5, 5.41) is 0. The van der Waals surface area contributed by atoms with Crippen LogP contribution in [0.5, 0.6) is 0 Å². The topological polar surface area (TPSA) is 0 Å². The van der Waals surface area contributed by atoms with E-state index in [-0.39, 0.29) is 10.8 Å². The van der Waals surface area contributed by atoms with Gasteiger partial charge < -0.3 is 0 Å². The van der Waals surface area contributed by atoms with Crippen molar-refractivity contribution in [2.75, 3.05) is 0 Å². The summed E-state index contributed by atoms with van der Waals surface area (Å²) in [5.74, 6) is 0.591. The standard InChI is InChI=1S/C20H32/c1-9-13-16(10-2)20(15(5)6)14-19(7,8)17(11-3)18(20)12-4/h9-13,15H,14H2,1-8H3/b13-9-,16-10+,17-11+,18-12+. The highest BCUT2D eigenvalue weighted by Gasteiger charge is 2.52. The van der Waals surface area contributed by atoms with Crippen molar-refractivity contribution in [2.24, 2.45) is 16.7 Å². The lowest BCUT2D eigenvalue weighted by molar-refractivity contribution is 0.259. The average molecular weight is 272 g/mol. The van der Waals surface area contributed by atoms with Gasteiger partial charge in [0, 0.05) is 5.41 Å². The third kappa shape index (κ3) is 2.45. The van der Waals surface area contributed by atoms with Crippen LogP contribution < -0.4 is 0 Å². The van der Waals surface area contributed by atoms with Crippen molar-refractivity contribution in [1.82, 2.24) is 0 Å². The van der Waals surface area contributed by atoms with Gasteiger partial charge in [-0.2, -0.15) is 0 Å². The Morgan fingerprint density at radius 2 is 1.55 bits per heavy atom. The molecule has 0 spiro atoms. The van der Waals surface area contributed by atoms with Crippen LogP contribution >= 0.6 is 0 Å². The first-order valence-corrected chi connectivity index (χ1v) is 7.95. The van der Waals surface area contributed by atoms with Crippen LogP contribution in [0, 0.1) is 16.7 Å². The van der Waals surface area contributed by atoms with Crippen LogP contribution in [-0.4, -0.2) is 0 Å². The van der Waals surface area contributed by atoms with Crippen LogP contribution in [-0.2, 0) is 0 Å². The largest absolute Gasteiger partial charge is 0.0874 e. The van der Waals surface area contributed by atoms with E-state index in [1.165, 1.54) is 23.1 Å². The molecule has 0 aliphatic heterocycles. The fraction of sp³-hybridized carbons (Fsp3) is 0.600. The summed E-state index contributed by atoms with van der Waals surface area (Å²) in [7, 11) is 0. The van der Waals surface area contributed by atoms with Crippen LogP contribution in [0.25, 0.3) is 0 Å². The summed E-state index contributed by atoms with van der Waals surface area (Å²) in [6.07, 6.45) is 12.6. The van der Waals surface area contributed by atoms with E-state index in [0.29, 0.717) is 5.92 Å². The molecule has 1 atom stereocenters. The van der Waals surface area contributed by atoms with Crippen LogP contribution in [0.3, 0.4) is 0 Å². The number of hydrogen-bond donors (Lipinski definition) is 0. The van der Waals surface area contributed by atoms with Gasteiger partial charge in [0.1, 0.15) is 0 Å². The summed E-state index contributed by atoms with van der Waals surface area (Å²) < 4.78 is 0. The van der Waals surface area contributed by atoms with E-state index in [1.54, 1.807) is 0 Å². The van der Waals surface area contributed by atoms with E-state index in [9.17, 15) is 0 Å². The smallest absolute Gasteiger partial charge is 0.0230 e. The normalized spacial score (nSPS) is 31.1. The summed E-state index contributed by atoms with van der Waals surface area (Å²) in [4.78, 5) is 0. The average Bonchev–Trinajstić information content (AvgIpc) is 2.63. The first kappa shape index (κ1) is 17.0. The van der Waals surface area contributed by atoms with E-state index in [4.69, 9.17) is 0 Å². The molecule has 0 aromatic rings. The molecule has 1 unspecified atom stereocenters. The molecule has 1 saturated carbocycles. The fourth-order valence-corrected chi connectivity index (χ4v) is 4.24. The van der Waals surface area contributed by atoms with Gasteiger partial charge in [-0.15, -0.1) is 0 Å². The third-order valence-electron chi connectivity index (χ3n) is 4.96. The lowest BCUT2D eigenvalue weighted by Gasteiger charge is -2.37. The molecular weight excluding hydrogens is 240 g/mol. The van der Waals surface area contributed by atoms with E-state index in [2.05, 4.69) is 85.8 Å².